The fourth-order valence-corrected chi connectivity index (χ4v) is 2.31. The summed E-state index contributed by atoms with van der Waals surface area (Å²) in [6.45, 7) is 5.57. The van der Waals surface area contributed by atoms with Crippen molar-refractivity contribution in [3.8, 4) is 0 Å². The van der Waals surface area contributed by atoms with Gasteiger partial charge in [0, 0.05) is 25.8 Å². The number of nitrogens with two attached hydrogens (primary N) is 1. The van der Waals surface area contributed by atoms with Crippen LogP contribution in [0.3, 0.4) is 0 Å². The van der Waals surface area contributed by atoms with Gasteiger partial charge < -0.3 is 10.6 Å². The molecule has 1 fully saturated rings. The zero-order valence-corrected chi connectivity index (χ0v) is 11.8. The highest BCUT2D eigenvalue weighted by Gasteiger charge is 2.33. The van der Waals surface area contributed by atoms with Gasteiger partial charge in [0.05, 0.1) is 0 Å². The number of anilines is 1. The Balaban J connectivity index is 1.90. The van der Waals surface area contributed by atoms with Crippen molar-refractivity contribution in [2.45, 2.75) is 39.2 Å². The van der Waals surface area contributed by atoms with Gasteiger partial charge in [-0.3, -0.25) is 0 Å². The molecule has 2 rings (SSSR count). The minimum absolute atomic E-state index is 0.252. The third-order valence-corrected chi connectivity index (χ3v) is 4.01. The Kier molecular flexibility index (Phi) is 4.23. The van der Waals surface area contributed by atoms with Gasteiger partial charge in [-0.05, 0) is 42.7 Å². The molecular formula is C15H25N3. The summed E-state index contributed by atoms with van der Waals surface area (Å²) in [5, 5.41) is 0. The molecule has 3 nitrogen and oxygen atoms in total. The lowest BCUT2D eigenvalue weighted by atomic mass is 10.1. The molecule has 0 saturated heterocycles. The summed E-state index contributed by atoms with van der Waals surface area (Å²) in [7, 11) is 2.13. The fraction of sp³-hybridized carbons (Fsp3) is 0.667. The zero-order chi connectivity index (χ0) is 13.1. The van der Waals surface area contributed by atoms with Crippen LogP contribution < -0.4 is 10.6 Å². The van der Waals surface area contributed by atoms with Gasteiger partial charge in [-0.25, -0.2) is 4.98 Å². The molecule has 1 aliphatic carbocycles. The molecule has 100 valence electrons. The lowest BCUT2D eigenvalue weighted by molar-refractivity contribution is 0.644. The molecule has 3 unspecified atom stereocenters. The molecule has 1 heterocycles. The number of hydrogen-bond acceptors (Lipinski definition) is 3. The Morgan fingerprint density at radius 3 is 2.72 bits per heavy atom. The van der Waals surface area contributed by atoms with Crippen LogP contribution >= 0.6 is 0 Å². The Labute approximate surface area is 110 Å². The summed E-state index contributed by atoms with van der Waals surface area (Å²) in [4.78, 5) is 6.80. The maximum atomic E-state index is 5.95. The second kappa shape index (κ2) is 5.70. The second-order valence-electron chi connectivity index (χ2n) is 5.75. The van der Waals surface area contributed by atoms with Crippen molar-refractivity contribution in [1.82, 2.24) is 4.98 Å². The van der Waals surface area contributed by atoms with Crippen LogP contribution in [-0.4, -0.2) is 24.6 Å². The van der Waals surface area contributed by atoms with Gasteiger partial charge in [-0.2, -0.15) is 0 Å². The molecule has 18 heavy (non-hydrogen) atoms. The monoisotopic (exact) mass is 247 g/mol. The Hall–Kier alpha value is -1.09. The average molecular weight is 247 g/mol. The Morgan fingerprint density at radius 1 is 1.50 bits per heavy atom. The van der Waals surface area contributed by atoms with Crippen molar-refractivity contribution in [3.05, 3.63) is 23.9 Å². The summed E-state index contributed by atoms with van der Waals surface area (Å²) in [5.74, 6) is 2.84. The van der Waals surface area contributed by atoms with Crippen LogP contribution in [0.5, 0.6) is 0 Å². The molecule has 0 amide bonds. The van der Waals surface area contributed by atoms with Crippen LogP contribution in [0, 0.1) is 11.8 Å². The number of aromatic nitrogens is 1. The minimum atomic E-state index is 0.252. The van der Waals surface area contributed by atoms with Gasteiger partial charge in [-0.15, -0.1) is 0 Å². The maximum absolute atomic E-state index is 5.95. The van der Waals surface area contributed by atoms with Crippen LogP contribution in [0.4, 0.5) is 5.82 Å². The van der Waals surface area contributed by atoms with Crippen molar-refractivity contribution >= 4 is 5.82 Å². The summed E-state index contributed by atoms with van der Waals surface area (Å²) in [5.41, 5.74) is 7.19. The summed E-state index contributed by atoms with van der Waals surface area (Å²) >= 11 is 0. The number of rotatable bonds is 6. The van der Waals surface area contributed by atoms with Crippen LogP contribution in [-0.2, 0) is 6.42 Å². The molecular weight excluding hydrogens is 222 g/mol. The van der Waals surface area contributed by atoms with Crippen molar-refractivity contribution in [1.29, 1.82) is 0 Å². The van der Waals surface area contributed by atoms with Gasteiger partial charge in [0.25, 0.3) is 0 Å². The normalized spacial score (nSPS) is 23.8. The molecule has 0 radical (unpaired) electrons. The molecule has 0 aliphatic heterocycles. The molecule has 0 spiro atoms. The highest BCUT2D eigenvalue weighted by Crippen LogP contribution is 2.38. The van der Waals surface area contributed by atoms with Crippen molar-refractivity contribution in [2.75, 3.05) is 18.5 Å². The van der Waals surface area contributed by atoms with E-state index in [-0.39, 0.29) is 6.04 Å². The van der Waals surface area contributed by atoms with E-state index in [0.29, 0.717) is 0 Å². The second-order valence-corrected chi connectivity index (χ2v) is 5.75. The third-order valence-electron chi connectivity index (χ3n) is 4.01. The van der Waals surface area contributed by atoms with E-state index >= 15 is 0 Å². The van der Waals surface area contributed by atoms with Gasteiger partial charge >= 0.3 is 0 Å². The fourth-order valence-electron chi connectivity index (χ4n) is 2.31. The van der Waals surface area contributed by atoms with E-state index < -0.39 is 0 Å². The van der Waals surface area contributed by atoms with E-state index in [1.807, 2.05) is 6.20 Å². The van der Waals surface area contributed by atoms with Crippen molar-refractivity contribution in [2.24, 2.45) is 17.6 Å². The van der Waals surface area contributed by atoms with Crippen molar-refractivity contribution in [3.63, 3.8) is 0 Å². The van der Waals surface area contributed by atoms with E-state index in [4.69, 9.17) is 5.73 Å². The lowest BCUT2D eigenvalue weighted by Crippen LogP contribution is -2.23. The first kappa shape index (κ1) is 13.3. The smallest absolute Gasteiger partial charge is 0.128 e. The predicted molar refractivity (Wildman–Crippen MR) is 76.7 cm³/mol. The average Bonchev–Trinajstić information content (AvgIpc) is 3.05. The quantitative estimate of drug-likeness (QED) is 0.839. The van der Waals surface area contributed by atoms with Crippen LogP contribution in [0.1, 0.15) is 32.3 Å². The molecule has 1 saturated carbocycles. The van der Waals surface area contributed by atoms with E-state index in [9.17, 15) is 0 Å². The van der Waals surface area contributed by atoms with Gasteiger partial charge in [0.2, 0.25) is 0 Å². The van der Waals surface area contributed by atoms with Crippen molar-refractivity contribution < 1.29 is 0 Å². The summed E-state index contributed by atoms with van der Waals surface area (Å²) < 4.78 is 0. The first-order chi connectivity index (χ1) is 8.60. The number of nitrogens with zero attached hydrogens (tertiary/aromatic N) is 2. The maximum Gasteiger partial charge on any atom is 0.128 e. The summed E-state index contributed by atoms with van der Waals surface area (Å²) in [6.07, 6.45) is 5.28. The largest absolute Gasteiger partial charge is 0.359 e. The minimum Gasteiger partial charge on any atom is -0.359 e. The standard InChI is InChI=1S/C15H25N3/c1-4-14(16)8-12-5-6-15(17-9-12)18(3)10-13-7-11(13)2/h5-6,9,11,13-14H,4,7-8,10,16H2,1-3H3. The molecule has 1 aromatic heterocycles. The number of pyridine rings is 1. The van der Waals surface area contributed by atoms with Crippen LogP contribution in [0.2, 0.25) is 0 Å². The van der Waals surface area contributed by atoms with Crippen LogP contribution in [0.25, 0.3) is 0 Å². The van der Waals surface area contributed by atoms with E-state index in [1.165, 1.54) is 12.0 Å². The first-order valence-corrected chi connectivity index (χ1v) is 7.01. The van der Waals surface area contributed by atoms with E-state index in [2.05, 4.69) is 42.9 Å². The Bertz CT molecular complexity index is 374. The SMILES string of the molecule is CCC(N)Cc1ccc(N(C)CC2CC2C)nc1. The van der Waals surface area contributed by atoms with Gasteiger partial charge in [-0.1, -0.05) is 19.9 Å². The topological polar surface area (TPSA) is 42.1 Å². The first-order valence-electron chi connectivity index (χ1n) is 7.01. The predicted octanol–water partition coefficient (Wildman–Crippen LogP) is 2.45. The number of hydrogen-bond donors (Lipinski definition) is 1. The van der Waals surface area contributed by atoms with E-state index in [0.717, 1.165) is 37.0 Å². The highest BCUT2D eigenvalue weighted by molar-refractivity contribution is 5.38. The third kappa shape index (κ3) is 3.45. The molecule has 3 atom stereocenters. The van der Waals surface area contributed by atoms with Gasteiger partial charge in [0.15, 0.2) is 0 Å². The van der Waals surface area contributed by atoms with Crippen LogP contribution in [0.15, 0.2) is 18.3 Å². The zero-order valence-electron chi connectivity index (χ0n) is 11.8. The summed E-state index contributed by atoms with van der Waals surface area (Å²) in [6, 6.07) is 4.53. The highest BCUT2D eigenvalue weighted by atomic mass is 15.2. The molecule has 0 aromatic carbocycles. The van der Waals surface area contributed by atoms with E-state index in [1.54, 1.807) is 0 Å². The van der Waals surface area contributed by atoms with Gasteiger partial charge in [0.1, 0.15) is 5.82 Å². The Morgan fingerprint density at radius 2 is 2.22 bits per heavy atom. The lowest BCUT2D eigenvalue weighted by Gasteiger charge is -2.18. The molecule has 2 N–H and O–H groups in total. The molecule has 1 aromatic rings. The molecule has 3 heteroatoms. The molecule has 1 aliphatic rings. The molecule has 0 bridgehead atoms.